The summed E-state index contributed by atoms with van der Waals surface area (Å²) in [7, 11) is 0. The van der Waals surface area contributed by atoms with E-state index in [2.05, 4.69) is 10.3 Å². The minimum absolute atomic E-state index is 0.0495. The van der Waals surface area contributed by atoms with Gasteiger partial charge in [-0.15, -0.1) is 0 Å². The molecule has 1 aliphatic heterocycles. The highest BCUT2D eigenvalue weighted by atomic mass is 35.5. The molecule has 1 aliphatic rings. The summed E-state index contributed by atoms with van der Waals surface area (Å²) in [5.74, 6) is -0.995. The molecule has 0 aromatic heterocycles. The number of amides is 2. The fourth-order valence-electron chi connectivity index (χ4n) is 2.86. The SMILES string of the molecule is CCN1C(=O)C(CC(=O)Nc2cc(C(F)(F)F)ccc2Cl)SC1=Nc1ccc(Cl)cc1Cl. The normalized spacial score (nSPS) is 17.8. The highest BCUT2D eigenvalue weighted by molar-refractivity contribution is 8.15. The molecule has 32 heavy (non-hydrogen) atoms. The molecule has 12 heteroatoms. The van der Waals surface area contributed by atoms with E-state index >= 15 is 0 Å². The molecule has 5 nitrogen and oxygen atoms in total. The van der Waals surface area contributed by atoms with Crippen LogP contribution >= 0.6 is 46.6 Å². The van der Waals surface area contributed by atoms with Crippen LogP contribution < -0.4 is 5.32 Å². The third-order valence-corrected chi connectivity index (χ3v) is 6.44. The molecule has 0 radical (unpaired) electrons. The molecule has 0 spiro atoms. The molecule has 2 amide bonds. The second-order valence-corrected chi connectivity index (χ2v) is 9.04. The molecule has 1 heterocycles. The standard InChI is InChI=1S/C20H15Cl3F3N3O2S/c1-2-29-18(31)16(32-19(29)28-14-6-4-11(21)8-13(14)23)9-17(30)27-15-7-10(20(24,25)26)3-5-12(15)22/h3-8,16H,2,9H2,1H3,(H,27,30). The Morgan fingerprint density at radius 1 is 1.16 bits per heavy atom. The van der Waals surface area contributed by atoms with E-state index < -0.39 is 22.9 Å². The zero-order valence-electron chi connectivity index (χ0n) is 16.3. The van der Waals surface area contributed by atoms with Crippen LogP contribution in [-0.4, -0.2) is 33.7 Å². The van der Waals surface area contributed by atoms with Crippen molar-refractivity contribution in [3.05, 3.63) is 57.0 Å². The zero-order chi connectivity index (χ0) is 23.6. The zero-order valence-corrected chi connectivity index (χ0v) is 19.4. The lowest BCUT2D eigenvalue weighted by Crippen LogP contribution is -2.33. The maximum Gasteiger partial charge on any atom is 0.416 e. The van der Waals surface area contributed by atoms with E-state index in [0.717, 1.165) is 30.0 Å². The van der Waals surface area contributed by atoms with Crippen molar-refractivity contribution >= 4 is 74.9 Å². The molecule has 0 saturated carbocycles. The molecule has 0 aliphatic carbocycles. The van der Waals surface area contributed by atoms with Gasteiger partial charge in [0.2, 0.25) is 11.8 Å². The lowest BCUT2D eigenvalue weighted by atomic mass is 10.2. The first-order valence-electron chi connectivity index (χ1n) is 9.18. The van der Waals surface area contributed by atoms with E-state index in [0.29, 0.717) is 27.4 Å². The Hall–Kier alpha value is -1.94. The predicted octanol–water partition coefficient (Wildman–Crippen LogP) is 6.65. The first kappa shape index (κ1) is 24.7. The van der Waals surface area contributed by atoms with Crippen LogP contribution in [0.25, 0.3) is 0 Å². The molecular weight excluding hydrogens is 510 g/mol. The highest BCUT2D eigenvalue weighted by Crippen LogP contribution is 2.36. The average molecular weight is 525 g/mol. The van der Waals surface area contributed by atoms with Gasteiger partial charge in [0, 0.05) is 18.0 Å². The van der Waals surface area contributed by atoms with E-state index in [-0.39, 0.29) is 23.0 Å². The molecule has 1 N–H and O–H groups in total. The summed E-state index contributed by atoms with van der Waals surface area (Å²) in [6, 6.07) is 7.34. The van der Waals surface area contributed by atoms with E-state index in [1.165, 1.54) is 11.0 Å². The molecule has 1 unspecified atom stereocenters. The van der Waals surface area contributed by atoms with Crippen LogP contribution in [0.4, 0.5) is 24.5 Å². The van der Waals surface area contributed by atoms with E-state index in [4.69, 9.17) is 34.8 Å². The summed E-state index contributed by atoms with van der Waals surface area (Å²) < 4.78 is 38.8. The van der Waals surface area contributed by atoms with Crippen molar-refractivity contribution in [2.45, 2.75) is 24.8 Å². The highest BCUT2D eigenvalue weighted by Gasteiger charge is 2.38. The minimum Gasteiger partial charge on any atom is -0.325 e. The average Bonchev–Trinajstić information content (AvgIpc) is 2.99. The molecule has 170 valence electrons. The Morgan fingerprint density at radius 3 is 2.50 bits per heavy atom. The summed E-state index contributed by atoms with van der Waals surface area (Å²) in [6.45, 7) is 2.07. The van der Waals surface area contributed by atoms with Gasteiger partial charge in [0.15, 0.2) is 5.17 Å². The number of carbonyl (C=O) groups excluding carboxylic acids is 2. The summed E-state index contributed by atoms with van der Waals surface area (Å²) in [4.78, 5) is 31.0. The number of anilines is 1. The predicted molar refractivity (Wildman–Crippen MR) is 122 cm³/mol. The first-order chi connectivity index (χ1) is 15.0. The number of hydrogen-bond acceptors (Lipinski definition) is 4. The number of hydrogen-bond donors (Lipinski definition) is 1. The van der Waals surface area contributed by atoms with E-state index in [9.17, 15) is 22.8 Å². The number of alkyl halides is 3. The number of carbonyl (C=O) groups is 2. The Labute approximate surface area is 200 Å². The summed E-state index contributed by atoms with van der Waals surface area (Å²) in [6.07, 6.45) is -4.86. The van der Waals surface area contributed by atoms with Crippen LogP contribution in [0, 0.1) is 0 Å². The topological polar surface area (TPSA) is 61.8 Å². The number of aliphatic imine (C=N–C) groups is 1. The van der Waals surface area contributed by atoms with Gasteiger partial charge in [-0.25, -0.2) is 4.99 Å². The fourth-order valence-corrected chi connectivity index (χ4v) is 4.69. The van der Waals surface area contributed by atoms with Crippen LogP contribution in [0.1, 0.15) is 18.9 Å². The molecule has 0 bridgehead atoms. The van der Waals surface area contributed by atoms with Crippen molar-refractivity contribution in [1.82, 2.24) is 4.90 Å². The molecule has 1 fully saturated rings. The van der Waals surface area contributed by atoms with Crippen molar-refractivity contribution in [1.29, 1.82) is 0 Å². The third kappa shape index (κ3) is 5.70. The van der Waals surface area contributed by atoms with Gasteiger partial charge in [0.1, 0.15) is 5.25 Å². The maximum atomic E-state index is 12.9. The number of thioether (sulfide) groups is 1. The number of rotatable bonds is 5. The smallest absolute Gasteiger partial charge is 0.325 e. The summed E-state index contributed by atoms with van der Waals surface area (Å²) in [5.41, 5.74) is -0.725. The second kappa shape index (κ2) is 9.91. The molecule has 1 atom stereocenters. The van der Waals surface area contributed by atoms with Gasteiger partial charge in [-0.05, 0) is 43.3 Å². The Balaban J connectivity index is 1.76. The molecule has 2 aromatic carbocycles. The number of nitrogens with one attached hydrogen (secondary N) is 1. The van der Waals surface area contributed by atoms with Gasteiger partial charge in [-0.2, -0.15) is 13.2 Å². The number of nitrogens with zero attached hydrogens (tertiary/aromatic N) is 2. The molecular formula is C20H15Cl3F3N3O2S. The van der Waals surface area contributed by atoms with Gasteiger partial charge >= 0.3 is 6.18 Å². The van der Waals surface area contributed by atoms with Crippen molar-refractivity contribution in [2.24, 2.45) is 4.99 Å². The van der Waals surface area contributed by atoms with Crippen molar-refractivity contribution in [2.75, 3.05) is 11.9 Å². The first-order valence-corrected chi connectivity index (χ1v) is 11.2. The van der Waals surface area contributed by atoms with Gasteiger partial charge in [0.25, 0.3) is 0 Å². The Kier molecular flexibility index (Phi) is 7.65. The second-order valence-electron chi connectivity index (χ2n) is 6.62. The van der Waals surface area contributed by atoms with Crippen LogP contribution in [0.3, 0.4) is 0 Å². The quantitative estimate of drug-likeness (QED) is 0.477. The maximum absolute atomic E-state index is 12.9. The van der Waals surface area contributed by atoms with Gasteiger partial charge in [-0.3, -0.25) is 14.5 Å². The van der Waals surface area contributed by atoms with Crippen LogP contribution in [-0.2, 0) is 15.8 Å². The summed E-state index contributed by atoms with van der Waals surface area (Å²) in [5, 5.41) is 2.59. The van der Waals surface area contributed by atoms with E-state index in [1.807, 2.05) is 0 Å². The van der Waals surface area contributed by atoms with Gasteiger partial charge < -0.3 is 5.32 Å². The lowest BCUT2D eigenvalue weighted by molar-refractivity contribution is -0.137. The van der Waals surface area contributed by atoms with E-state index in [1.54, 1.807) is 19.1 Å². The van der Waals surface area contributed by atoms with Crippen molar-refractivity contribution in [3.8, 4) is 0 Å². The Morgan fingerprint density at radius 2 is 1.88 bits per heavy atom. The molecule has 3 rings (SSSR count). The summed E-state index contributed by atoms with van der Waals surface area (Å²) >= 11 is 19.0. The van der Waals surface area contributed by atoms with Crippen LogP contribution in [0.15, 0.2) is 41.4 Å². The number of benzene rings is 2. The molecule has 1 saturated heterocycles. The monoisotopic (exact) mass is 523 g/mol. The largest absolute Gasteiger partial charge is 0.416 e. The van der Waals surface area contributed by atoms with Crippen molar-refractivity contribution in [3.63, 3.8) is 0 Å². The van der Waals surface area contributed by atoms with Crippen LogP contribution in [0.2, 0.25) is 15.1 Å². The van der Waals surface area contributed by atoms with Gasteiger partial charge in [-0.1, -0.05) is 46.6 Å². The fraction of sp³-hybridized carbons (Fsp3) is 0.250. The minimum atomic E-state index is -4.59. The molecule has 2 aromatic rings. The number of amidine groups is 1. The Bertz CT molecular complexity index is 1100. The lowest BCUT2D eigenvalue weighted by Gasteiger charge is -2.14. The van der Waals surface area contributed by atoms with Crippen LogP contribution in [0.5, 0.6) is 0 Å². The van der Waals surface area contributed by atoms with Crippen molar-refractivity contribution < 1.29 is 22.8 Å². The number of halogens is 6. The van der Waals surface area contributed by atoms with Gasteiger partial charge in [0.05, 0.1) is 27.0 Å². The third-order valence-electron chi connectivity index (χ3n) is 4.40.